The van der Waals surface area contributed by atoms with Gasteiger partial charge in [0.25, 0.3) is 5.91 Å². The molecule has 0 radical (unpaired) electrons. The maximum Gasteiger partial charge on any atom is 0.417 e. The van der Waals surface area contributed by atoms with Crippen molar-refractivity contribution in [1.82, 2.24) is 15.3 Å². The third-order valence-electron chi connectivity index (χ3n) is 3.94. The Hall–Kier alpha value is -3.01. The predicted molar refractivity (Wildman–Crippen MR) is 95.4 cm³/mol. The van der Waals surface area contributed by atoms with E-state index < -0.39 is 38.3 Å². The largest absolute Gasteiger partial charge is 0.417 e. The molecule has 0 saturated carbocycles. The molecule has 3 aromatic rings. The van der Waals surface area contributed by atoms with Gasteiger partial charge in [-0.15, -0.1) is 0 Å². The maximum absolute atomic E-state index is 12.5. The summed E-state index contributed by atoms with van der Waals surface area (Å²) in [6.07, 6.45) is -0.886. The van der Waals surface area contributed by atoms with Gasteiger partial charge < -0.3 is 5.32 Å². The molecule has 0 aliphatic heterocycles. The highest BCUT2D eigenvalue weighted by atomic mass is 32.2. The third-order valence-corrected chi connectivity index (χ3v) is 5.56. The quantitative estimate of drug-likeness (QED) is 0.700. The molecule has 0 unspecified atom stereocenters. The van der Waals surface area contributed by atoms with Crippen molar-refractivity contribution in [2.24, 2.45) is 0 Å². The van der Waals surface area contributed by atoms with E-state index >= 15 is 0 Å². The Morgan fingerprint density at radius 2 is 1.82 bits per heavy atom. The molecular weight excluding hydrogens is 395 g/mol. The van der Waals surface area contributed by atoms with Gasteiger partial charge in [0.2, 0.25) is 0 Å². The van der Waals surface area contributed by atoms with Gasteiger partial charge in [0.05, 0.1) is 11.3 Å². The molecule has 0 spiro atoms. The van der Waals surface area contributed by atoms with Gasteiger partial charge >= 0.3 is 6.18 Å². The standard InChI is InChI=1S/C18H14F3N3O3S/c19-18(20,21)15-3-4-16(24-11-15)28(26,27)8-7-23-17(25)13-1-2-14-10-22-6-5-12(14)9-13/h1-6,9-11H,7-8H2,(H,23,25). The summed E-state index contributed by atoms with van der Waals surface area (Å²) in [5.41, 5.74) is -0.685. The van der Waals surface area contributed by atoms with Crippen LogP contribution in [0.25, 0.3) is 10.8 Å². The van der Waals surface area contributed by atoms with Crippen LogP contribution in [0.15, 0.2) is 60.0 Å². The fraction of sp³-hybridized carbons (Fsp3) is 0.167. The number of carbonyl (C=O) groups excluding carboxylic acids is 1. The van der Waals surface area contributed by atoms with Crippen LogP contribution in [-0.2, 0) is 16.0 Å². The number of nitrogens with zero attached hydrogens (tertiary/aromatic N) is 2. The summed E-state index contributed by atoms with van der Waals surface area (Å²) >= 11 is 0. The zero-order chi connectivity index (χ0) is 20.4. The second-order valence-electron chi connectivity index (χ2n) is 5.90. The molecule has 0 aliphatic carbocycles. The molecule has 1 N–H and O–H groups in total. The molecule has 0 fully saturated rings. The number of benzene rings is 1. The molecule has 0 bridgehead atoms. The first-order valence-corrected chi connectivity index (χ1v) is 9.70. The average Bonchev–Trinajstić information content (AvgIpc) is 2.67. The third kappa shape index (κ3) is 4.45. The number of sulfone groups is 1. The monoisotopic (exact) mass is 409 g/mol. The van der Waals surface area contributed by atoms with Crippen molar-refractivity contribution in [1.29, 1.82) is 0 Å². The molecule has 2 heterocycles. The summed E-state index contributed by atoms with van der Waals surface area (Å²) in [6, 6.07) is 8.16. The summed E-state index contributed by atoms with van der Waals surface area (Å²) in [5.74, 6) is -0.955. The van der Waals surface area contributed by atoms with Crippen LogP contribution in [0.2, 0.25) is 0 Å². The highest BCUT2D eigenvalue weighted by molar-refractivity contribution is 7.91. The van der Waals surface area contributed by atoms with E-state index in [0.717, 1.165) is 16.8 Å². The maximum atomic E-state index is 12.5. The van der Waals surface area contributed by atoms with Crippen molar-refractivity contribution in [2.75, 3.05) is 12.3 Å². The van der Waals surface area contributed by atoms with Gasteiger partial charge in [0.1, 0.15) is 0 Å². The molecule has 2 aromatic heterocycles. The van der Waals surface area contributed by atoms with Crippen molar-refractivity contribution in [3.8, 4) is 0 Å². The smallest absolute Gasteiger partial charge is 0.351 e. The number of amides is 1. The first kappa shape index (κ1) is 19.7. The Bertz CT molecular complexity index is 1110. The molecule has 0 aliphatic rings. The minimum Gasteiger partial charge on any atom is -0.351 e. The van der Waals surface area contributed by atoms with E-state index in [9.17, 15) is 26.4 Å². The minimum atomic E-state index is -4.60. The Morgan fingerprint density at radius 1 is 1.04 bits per heavy atom. The number of hydrogen-bond acceptors (Lipinski definition) is 5. The van der Waals surface area contributed by atoms with E-state index in [1.807, 2.05) is 0 Å². The summed E-state index contributed by atoms with van der Waals surface area (Å²) in [7, 11) is -3.94. The molecule has 146 valence electrons. The van der Waals surface area contributed by atoms with Crippen LogP contribution in [0.3, 0.4) is 0 Å². The van der Waals surface area contributed by atoms with Crippen LogP contribution in [0.1, 0.15) is 15.9 Å². The molecule has 10 heteroatoms. The zero-order valence-electron chi connectivity index (χ0n) is 14.3. The van der Waals surface area contributed by atoms with Gasteiger partial charge in [-0.3, -0.25) is 9.78 Å². The van der Waals surface area contributed by atoms with Gasteiger partial charge in [0, 0.05) is 36.1 Å². The number of carbonyl (C=O) groups is 1. The van der Waals surface area contributed by atoms with Gasteiger partial charge in [-0.1, -0.05) is 6.07 Å². The molecular formula is C18H14F3N3O3S. The van der Waals surface area contributed by atoms with Crippen LogP contribution in [-0.4, -0.2) is 36.6 Å². The summed E-state index contributed by atoms with van der Waals surface area (Å²) in [4.78, 5) is 19.6. The van der Waals surface area contributed by atoms with E-state index in [2.05, 4.69) is 15.3 Å². The SMILES string of the molecule is O=C(NCCS(=O)(=O)c1ccc(C(F)(F)F)cn1)c1ccc2cnccc2c1. The van der Waals surface area contributed by atoms with E-state index in [0.29, 0.717) is 17.8 Å². The zero-order valence-corrected chi connectivity index (χ0v) is 15.1. The van der Waals surface area contributed by atoms with Crippen LogP contribution < -0.4 is 5.32 Å². The topological polar surface area (TPSA) is 89.0 Å². The number of pyridine rings is 2. The van der Waals surface area contributed by atoms with Crippen molar-refractivity contribution < 1.29 is 26.4 Å². The van der Waals surface area contributed by atoms with Gasteiger partial charge in [0.15, 0.2) is 14.9 Å². The molecule has 0 atom stereocenters. The number of nitrogens with one attached hydrogen (secondary N) is 1. The van der Waals surface area contributed by atoms with Gasteiger partial charge in [-0.25, -0.2) is 13.4 Å². The van der Waals surface area contributed by atoms with Crippen molar-refractivity contribution in [2.45, 2.75) is 11.2 Å². The lowest BCUT2D eigenvalue weighted by Gasteiger charge is -2.09. The fourth-order valence-electron chi connectivity index (χ4n) is 2.46. The molecule has 6 nitrogen and oxygen atoms in total. The Kier molecular flexibility index (Phi) is 5.32. The second kappa shape index (κ2) is 7.55. The lowest BCUT2D eigenvalue weighted by atomic mass is 10.1. The first-order chi connectivity index (χ1) is 13.2. The lowest BCUT2D eigenvalue weighted by Crippen LogP contribution is -2.29. The first-order valence-electron chi connectivity index (χ1n) is 8.05. The van der Waals surface area contributed by atoms with Crippen LogP contribution >= 0.6 is 0 Å². The number of alkyl halides is 3. The van der Waals surface area contributed by atoms with Crippen molar-refractivity contribution >= 4 is 26.5 Å². The Balaban J connectivity index is 1.63. The molecule has 0 saturated heterocycles. The average molecular weight is 409 g/mol. The van der Waals surface area contributed by atoms with E-state index in [4.69, 9.17) is 0 Å². The molecule has 28 heavy (non-hydrogen) atoms. The van der Waals surface area contributed by atoms with Crippen molar-refractivity contribution in [3.63, 3.8) is 0 Å². The normalized spacial score (nSPS) is 12.1. The highest BCUT2D eigenvalue weighted by Gasteiger charge is 2.31. The van der Waals surface area contributed by atoms with Gasteiger partial charge in [-0.2, -0.15) is 13.2 Å². The van der Waals surface area contributed by atoms with Crippen molar-refractivity contribution in [3.05, 3.63) is 66.1 Å². The Morgan fingerprint density at radius 3 is 2.50 bits per heavy atom. The minimum absolute atomic E-state index is 0.210. The van der Waals surface area contributed by atoms with E-state index in [1.165, 1.54) is 0 Å². The summed E-state index contributed by atoms with van der Waals surface area (Å²) < 4.78 is 61.9. The van der Waals surface area contributed by atoms with Crippen LogP contribution in [0.4, 0.5) is 13.2 Å². The van der Waals surface area contributed by atoms with Gasteiger partial charge in [-0.05, 0) is 35.7 Å². The number of hydrogen-bond donors (Lipinski definition) is 1. The highest BCUT2D eigenvalue weighted by Crippen LogP contribution is 2.28. The number of rotatable bonds is 5. The van der Waals surface area contributed by atoms with Crippen LogP contribution in [0, 0.1) is 0 Å². The second-order valence-corrected chi connectivity index (χ2v) is 7.95. The predicted octanol–water partition coefficient (Wildman–Crippen LogP) is 2.85. The van der Waals surface area contributed by atoms with Crippen LogP contribution in [0.5, 0.6) is 0 Å². The summed E-state index contributed by atoms with van der Waals surface area (Å²) in [6.45, 7) is -0.210. The Labute approximate surface area is 158 Å². The number of fused-ring (bicyclic) bond motifs is 1. The molecule has 3 rings (SSSR count). The summed E-state index contributed by atoms with van der Waals surface area (Å²) in [5, 5.41) is 3.67. The molecule has 1 amide bonds. The fourth-order valence-corrected chi connectivity index (χ4v) is 3.53. The molecule has 1 aromatic carbocycles. The lowest BCUT2D eigenvalue weighted by molar-refractivity contribution is -0.137. The van der Waals surface area contributed by atoms with E-state index in [-0.39, 0.29) is 6.54 Å². The number of halogens is 3. The number of aromatic nitrogens is 2. The van der Waals surface area contributed by atoms with E-state index in [1.54, 1.807) is 36.7 Å².